The molecule has 1 heterocycles. The highest BCUT2D eigenvalue weighted by Crippen LogP contribution is 2.33. The predicted molar refractivity (Wildman–Crippen MR) is 84.3 cm³/mol. The highest BCUT2D eigenvalue weighted by atomic mass is 35.5. The van der Waals surface area contributed by atoms with Crippen LogP contribution in [0.25, 0.3) is 0 Å². The molecule has 2 N–H and O–H groups in total. The van der Waals surface area contributed by atoms with Crippen LogP contribution in [0.15, 0.2) is 0 Å². The average molecular weight is 364 g/mol. The summed E-state index contributed by atoms with van der Waals surface area (Å²) >= 11 is 11.9. The fourth-order valence-corrected chi connectivity index (χ4v) is 2.96. The molecule has 1 amide bonds. The van der Waals surface area contributed by atoms with Crippen molar-refractivity contribution in [3.8, 4) is 0 Å². The number of carbonyl (C=O) groups is 2. The summed E-state index contributed by atoms with van der Waals surface area (Å²) in [6.45, 7) is 2.23. The van der Waals surface area contributed by atoms with Crippen LogP contribution in [-0.4, -0.2) is 33.6 Å². The molecule has 1 aromatic rings. The van der Waals surface area contributed by atoms with Crippen LogP contribution in [0, 0.1) is 0 Å². The maximum Gasteiger partial charge on any atom is 0.375 e. The number of aromatic nitrogens is 2. The zero-order valence-corrected chi connectivity index (χ0v) is 14.3. The molecule has 1 saturated carbocycles. The molecular weight excluding hydrogens is 345 g/mol. The fraction of sp³-hybridized carbons (Fsp3) is 0.643. The summed E-state index contributed by atoms with van der Waals surface area (Å²) in [6.07, 6.45) is 3.32. The predicted octanol–water partition coefficient (Wildman–Crippen LogP) is 2.53. The molecule has 1 aromatic heterocycles. The lowest BCUT2D eigenvalue weighted by molar-refractivity contribution is -0.140. The lowest BCUT2D eigenvalue weighted by Gasteiger charge is -2.33. The fourth-order valence-electron chi connectivity index (χ4n) is 2.60. The number of amides is 1. The number of esters is 1. The molecule has 0 saturated heterocycles. The monoisotopic (exact) mass is 363 g/mol. The molecule has 1 fully saturated rings. The van der Waals surface area contributed by atoms with E-state index in [0.717, 1.165) is 19.3 Å². The summed E-state index contributed by atoms with van der Waals surface area (Å²) in [4.78, 5) is 28.2. The largest absolute Gasteiger partial charge is 0.443 e. The number of nitrogens with zero attached hydrogens (tertiary/aromatic N) is 2. The number of hydrogen-bond donors (Lipinski definition) is 1. The lowest BCUT2D eigenvalue weighted by atomic mass is 9.84. The minimum absolute atomic E-state index is 0.00303. The average Bonchev–Trinajstić information content (AvgIpc) is 2.81. The van der Waals surface area contributed by atoms with E-state index in [9.17, 15) is 9.59 Å². The van der Waals surface area contributed by atoms with Crippen molar-refractivity contribution < 1.29 is 19.1 Å². The number of ether oxygens (including phenoxy) is 2. The Kier molecular flexibility index (Phi) is 5.89. The third kappa shape index (κ3) is 3.79. The van der Waals surface area contributed by atoms with Gasteiger partial charge >= 0.3 is 5.97 Å². The Balaban J connectivity index is 2.25. The lowest BCUT2D eigenvalue weighted by Crippen LogP contribution is -2.49. The molecule has 1 aliphatic carbocycles. The van der Waals surface area contributed by atoms with Gasteiger partial charge in [0.25, 0.3) is 5.91 Å². The van der Waals surface area contributed by atoms with E-state index in [1.165, 1.54) is 4.57 Å². The molecular formula is C14H19Cl2N3O4. The SMILES string of the molecule is CCOCn1c(C(=O)OC2(C(N)=O)CCCCC2)nc(Cl)c1Cl. The van der Waals surface area contributed by atoms with Crippen LogP contribution in [0.1, 0.15) is 49.6 Å². The van der Waals surface area contributed by atoms with Crippen LogP contribution >= 0.6 is 23.2 Å². The molecule has 0 radical (unpaired) electrons. The highest BCUT2D eigenvalue weighted by Gasteiger charge is 2.43. The smallest absolute Gasteiger partial charge is 0.375 e. The van der Waals surface area contributed by atoms with Crippen LogP contribution in [0.4, 0.5) is 0 Å². The van der Waals surface area contributed by atoms with Crippen molar-refractivity contribution in [1.82, 2.24) is 9.55 Å². The molecule has 1 aliphatic rings. The Hall–Kier alpha value is -1.31. The van der Waals surface area contributed by atoms with E-state index in [4.69, 9.17) is 38.4 Å². The zero-order valence-electron chi connectivity index (χ0n) is 12.8. The second-order valence-corrected chi connectivity index (χ2v) is 6.09. The summed E-state index contributed by atoms with van der Waals surface area (Å²) < 4.78 is 12.0. The van der Waals surface area contributed by atoms with Gasteiger partial charge in [-0.3, -0.25) is 9.36 Å². The molecule has 128 valence electrons. The number of nitrogens with two attached hydrogens (primary N) is 1. The van der Waals surface area contributed by atoms with Crippen molar-refractivity contribution >= 4 is 35.1 Å². The van der Waals surface area contributed by atoms with Gasteiger partial charge in [0.1, 0.15) is 11.9 Å². The van der Waals surface area contributed by atoms with Crippen molar-refractivity contribution in [2.45, 2.75) is 51.4 Å². The van der Waals surface area contributed by atoms with E-state index in [-0.39, 0.29) is 22.9 Å². The summed E-state index contributed by atoms with van der Waals surface area (Å²) in [5.74, 6) is -1.55. The number of primary amides is 1. The van der Waals surface area contributed by atoms with Gasteiger partial charge in [0.05, 0.1) is 0 Å². The Bertz CT molecular complexity index is 597. The topological polar surface area (TPSA) is 96.4 Å². The quantitative estimate of drug-likeness (QED) is 0.783. The van der Waals surface area contributed by atoms with E-state index in [0.29, 0.717) is 19.4 Å². The molecule has 0 atom stereocenters. The number of hydrogen-bond acceptors (Lipinski definition) is 5. The minimum Gasteiger partial charge on any atom is -0.443 e. The molecule has 0 aliphatic heterocycles. The Morgan fingerprint density at radius 2 is 1.96 bits per heavy atom. The highest BCUT2D eigenvalue weighted by molar-refractivity contribution is 6.40. The van der Waals surface area contributed by atoms with Crippen molar-refractivity contribution in [2.75, 3.05) is 6.61 Å². The molecule has 0 unspecified atom stereocenters. The normalized spacial score (nSPS) is 17.0. The van der Waals surface area contributed by atoms with Crippen LogP contribution < -0.4 is 5.73 Å². The number of carbonyl (C=O) groups excluding carboxylic acids is 2. The third-order valence-corrected chi connectivity index (χ3v) is 4.62. The second-order valence-electron chi connectivity index (χ2n) is 5.38. The molecule has 0 bridgehead atoms. The van der Waals surface area contributed by atoms with Gasteiger partial charge in [0, 0.05) is 6.61 Å². The minimum atomic E-state index is -1.29. The molecule has 2 rings (SSSR count). The maximum absolute atomic E-state index is 12.5. The van der Waals surface area contributed by atoms with E-state index in [1.54, 1.807) is 6.92 Å². The standard InChI is InChI=1S/C14H19Cl2N3O4/c1-2-22-8-19-10(16)9(15)18-11(19)12(20)23-14(13(17)21)6-4-3-5-7-14/h2-8H2,1H3,(H2,17,21). The first-order valence-corrected chi connectivity index (χ1v) is 8.19. The van der Waals surface area contributed by atoms with Gasteiger partial charge in [-0.2, -0.15) is 0 Å². The molecule has 0 aromatic carbocycles. The van der Waals surface area contributed by atoms with Gasteiger partial charge in [-0.15, -0.1) is 0 Å². The zero-order chi connectivity index (χ0) is 17.0. The van der Waals surface area contributed by atoms with Gasteiger partial charge < -0.3 is 15.2 Å². The van der Waals surface area contributed by atoms with Gasteiger partial charge in [-0.05, 0) is 32.6 Å². The van der Waals surface area contributed by atoms with E-state index in [1.807, 2.05) is 0 Å². The Morgan fingerprint density at radius 1 is 1.30 bits per heavy atom. The summed E-state index contributed by atoms with van der Waals surface area (Å²) in [5, 5.41) is 0.0407. The first kappa shape index (κ1) is 18.0. The van der Waals surface area contributed by atoms with Crippen LogP contribution in [0.2, 0.25) is 10.3 Å². The van der Waals surface area contributed by atoms with Crippen molar-refractivity contribution in [3.63, 3.8) is 0 Å². The number of imidazole rings is 1. The van der Waals surface area contributed by atoms with Gasteiger partial charge in [0.15, 0.2) is 10.8 Å². The summed E-state index contributed by atoms with van der Waals surface area (Å²) in [6, 6.07) is 0. The van der Waals surface area contributed by atoms with Gasteiger partial charge in [-0.1, -0.05) is 29.6 Å². The Morgan fingerprint density at radius 3 is 2.52 bits per heavy atom. The Labute approximate surface area is 144 Å². The van der Waals surface area contributed by atoms with Crippen LogP contribution in [-0.2, 0) is 21.0 Å². The first-order chi connectivity index (χ1) is 10.9. The van der Waals surface area contributed by atoms with Crippen molar-refractivity contribution in [1.29, 1.82) is 0 Å². The van der Waals surface area contributed by atoms with Gasteiger partial charge in [0.2, 0.25) is 5.82 Å². The summed E-state index contributed by atoms with van der Waals surface area (Å²) in [7, 11) is 0. The molecule has 7 nitrogen and oxygen atoms in total. The van der Waals surface area contributed by atoms with Crippen LogP contribution in [0.3, 0.4) is 0 Å². The second kappa shape index (κ2) is 7.51. The van der Waals surface area contributed by atoms with E-state index in [2.05, 4.69) is 4.98 Å². The van der Waals surface area contributed by atoms with Gasteiger partial charge in [-0.25, -0.2) is 9.78 Å². The van der Waals surface area contributed by atoms with E-state index < -0.39 is 17.5 Å². The van der Waals surface area contributed by atoms with Crippen molar-refractivity contribution in [2.24, 2.45) is 5.73 Å². The third-order valence-electron chi connectivity index (χ3n) is 3.87. The molecule has 23 heavy (non-hydrogen) atoms. The maximum atomic E-state index is 12.5. The van der Waals surface area contributed by atoms with Crippen LogP contribution in [0.5, 0.6) is 0 Å². The summed E-state index contributed by atoms with van der Waals surface area (Å²) in [5.41, 5.74) is 4.17. The molecule has 0 spiro atoms. The van der Waals surface area contributed by atoms with Crippen molar-refractivity contribution in [3.05, 3.63) is 16.1 Å². The molecule has 9 heteroatoms. The van der Waals surface area contributed by atoms with E-state index >= 15 is 0 Å². The first-order valence-electron chi connectivity index (χ1n) is 7.44. The number of rotatable bonds is 6. The number of halogens is 2.